The summed E-state index contributed by atoms with van der Waals surface area (Å²) in [4.78, 5) is 0. The maximum absolute atomic E-state index is 6.73. The highest BCUT2D eigenvalue weighted by molar-refractivity contribution is 7.32. The maximum atomic E-state index is 6.73. The molecule has 0 radical (unpaired) electrons. The third-order valence-corrected chi connectivity index (χ3v) is 7.46. The number of rotatable bonds is 4. The smallest absolute Gasteiger partial charge is 0.280 e. The third-order valence-electron chi connectivity index (χ3n) is 6.67. The molecular weight excluding hydrogens is 465 g/mol. The summed E-state index contributed by atoms with van der Waals surface area (Å²) in [6, 6.07) is 8.74. The van der Waals surface area contributed by atoms with E-state index in [0.717, 1.165) is 22.6 Å². The predicted octanol–water partition coefficient (Wildman–Crippen LogP) is 8.17. The molecule has 4 nitrogen and oxygen atoms in total. The molecule has 0 bridgehead atoms. The minimum Gasteiger partial charge on any atom is -0.448 e. The van der Waals surface area contributed by atoms with Crippen LogP contribution in [0.25, 0.3) is 11.1 Å². The molecule has 1 aliphatic rings. The molecule has 5 heteroatoms. The second-order valence-corrected chi connectivity index (χ2v) is 15.1. The Balaban J connectivity index is 2.46. The second-order valence-electron chi connectivity index (χ2n) is 14.1. The Morgan fingerprint density at radius 1 is 0.667 bits per heavy atom. The predicted molar refractivity (Wildman–Crippen MR) is 155 cm³/mol. The highest BCUT2D eigenvalue weighted by Gasteiger charge is 2.35. The first kappa shape index (κ1) is 29.0. The molecule has 0 spiro atoms. The van der Waals surface area contributed by atoms with Crippen LogP contribution in [0.15, 0.2) is 24.3 Å². The van der Waals surface area contributed by atoms with E-state index in [-0.39, 0.29) is 30.5 Å². The number of hydrogen-bond acceptors (Lipinski definition) is 4. The monoisotopic (exact) mass is 513 g/mol. The molecule has 0 amide bonds. The molecule has 0 aromatic heterocycles. The van der Waals surface area contributed by atoms with E-state index in [9.17, 15) is 0 Å². The molecule has 1 aliphatic heterocycles. The molecule has 0 saturated heterocycles. The quantitative estimate of drug-likeness (QED) is 0.331. The van der Waals surface area contributed by atoms with E-state index in [0.29, 0.717) is 13.2 Å². The highest BCUT2D eigenvalue weighted by Crippen LogP contribution is 2.52. The van der Waals surface area contributed by atoms with Crippen LogP contribution in [0.2, 0.25) is 0 Å². The van der Waals surface area contributed by atoms with E-state index in [4.69, 9.17) is 19.7 Å². The molecule has 1 atom stereocenters. The van der Waals surface area contributed by atoms with Crippen molar-refractivity contribution in [3.05, 3.63) is 46.5 Å². The van der Waals surface area contributed by atoms with Crippen LogP contribution in [0.1, 0.15) is 105 Å². The summed E-state index contributed by atoms with van der Waals surface area (Å²) in [7, 11) is 0.0157. The van der Waals surface area contributed by atoms with Gasteiger partial charge in [0, 0.05) is 28.8 Å². The Bertz CT molecular complexity index is 1010. The van der Waals surface area contributed by atoms with E-state index < -0.39 is 6.03 Å². The Morgan fingerprint density at radius 2 is 1.06 bits per heavy atom. The molecule has 0 saturated carbocycles. The molecule has 1 heterocycles. The third kappa shape index (κ3) is 6.26. The van der Waals surface area contributed by atoms with Gasteiger partial charge in [0.2, 0.25) is 0 Å². The summed E-state index contributed by atoms with van der Waals surface area (Å²) < 4.78 is 19.3. The standard InChI is InChI=1S/C31H48NO3P/c1-28(2,3)19-15-21-22-16-20(29(4,5)6)18-24(31(10,11)12)26(22)35-27(36-33-14-13-32)34-25(21)23(17-19)30(7,8)9/h15-18,27,36H,13-14,32H2,1-12H3. The molecule has 1 unspecified atom stereocenters. The van der Waals surface area contributed by atoms with Crippen molar-refractivity contribution in [1.82, 2.24) is 0 Å². The molecule has 2 aromatic carbocycles. The van der Waals surface area contributed by atoms with Crippen molar-refractivity contribution >= 4 is 8.81 Å². The summed E-state index contributed by atoms with van der Waals surface area (Å²) in [5.74, 6) is 1.79. The van der Waals surface area contributed by atoms with Crippen molar-refractivity contribution < 1.29 is 14.0 Å². The lowest BCUT2D eigenvalue weighted by atomic mass is 9.75. The number of hydrogen-bond donors (Lipinski definition) is 1. The van der Waals surface area contributed by atoms with E-state index in [1.54, 1.807) is 0 Å². The van der Waals surface area contributed by atoms with E-state index in [1.165, 1.54) is 22.3 Å². The molecule has 0 aliphatic carbocycles. The van der Waals surface area contributed by atoms with Crippen molar-refractivity contribution in [3.8, 4) is 22.6 Å². The van der Waals surface area contributed by atoms with Gasteiger partial charge in [-0.2, -0.15) is 0 Å². The fourth-order valence-corrected chi connectivity index (χ4v) is 5.07. The Hall–Kier alpha value is -1.61. The van der Waals surface area contributed by atoms with E-state index in [1.807, 2.05) is 0 Å². The van der Waals surface area contributed by atoms with Crippen molar-refractivity contribution in [2.75, 3.05) is 13.2 Å². The van der Waals surface area contributed by atoms with Crippen LogP contribution >= 0.6 is 8.81 Å². The topological polar surface area (TPSA) is 53.7 Å². The molecule has 36 heavy (non-hydrogen) atoms. The Morgan fingerprint density at radius 3 is 1.36 bits per heavy atom. The zero-order valence-corrected chi connectivity index (χ0v) is 25.6. The van der Waals surface area contributed by atoms with Crippen molar-refractivity contribution in [1.29, 1.82) is 0 Å². The van der Waals surface area contributed by atoms with Crippen molar-refractivity contribution in [2.24, 2.45) is 5.73 Å². The first-order valence-corrected chi connectivity index (χ1v) is 14.1. The zero-order chi connectivity index (χ0) is 27.3. The van der Waals surface area contributed by atoms with Gasteiger partial charge in [-0.05, 0) is 44.9 Å². The van der Waals surface area contributed by atoms with Crippen LogP contribution < -0.4 is 15.2 Å². The number of fused-ring (bicyclic) bond motifs is 3. The van der Waals surface area contributed by atoms with Gasteiger partial charge in [0.25, 0.3) is 6.03 Å². The molecule has 2 N–H and O–H groups in total. The van der Waals surface area contributed by atoms with Crippen molar-refractivity contribution in [2.45, 2.75) is 111 Å². The van der Waals surface area contributed by atoms with Gasteiger partial charge >= 0.3 is 0 Å². The molecular formula is C31H48NO3P. The lowest BCUT2D eigenvalue weighted by molar-refractivity contribution is 0.0730. The van der Waals surface area contributed by atoms with Crippen LogP contribution in [0.4, 0.5) is 0 Å². The number of nitrogens with two attached hydrogens (primary N) is 1. The van der Waals surface area contributed by atoms with Gasteiger partial charge in [0.15, 0.2) is 0 Å². The molecule has 2 aromatic rings. The molecule has 200 valence electrons. The van der Waals surface area contributed by atoms with Gasteiger partial charge in [0.1, 0.15) is 20.3 Å². The SMILES string of the molecule is CC(C)(C)c1cc2c(c(C(C)(C)C)c1)OC(POCCN)Oc1c-2cc(C(C)(C)C)cc1C(C)(C)C. The van der Waals surface area contributed by atoms with Gasteiger partial charge in [0.05, 0.1) is 6.61 Å². The summed E-state index contributed by atoms with van der Waals surface area (Å²) >= 11 is 0. The average Bonchev–Trinajstić information content (AvgIpc) is 2.86. The van der Waals surface area contributed by atoms with Crippen LogP contribution in [-0.2, 0) is 26.2 Å². The average molecular weight is 514 g/mol. The zero-order valence-electron chi connectivity index (χ0n) is 24.6. The van der Waals surface area contributed by atoms with Gasteiger partial charge in [-0.25, -0.2) is 0 Å². The lowest BCUT2D eigenvalue weighted by Gasteiger charge is -2.30. The normalized spacial score (nSPS) is 15.4. The lowest BCUT2D eigenvalue weighted by Crippen LogP contribution is -2.24. The maximum Gasteiger partial charge on any atom is 0.280 e. The second kappa shape index (κ2) is 9.93. The summed E-state index contributed by atoms with van der Waals surface area (Å²) in [6.45, 7) is 28.1. The first-order valence-electron chi connectivity index (χ1n) is 13.1. The van der Waals surface area contributed by atoms with Gasteiger partial charge in [-0.1, -0.05) is 95.2 Å². The Kier molecular flexibility index (Phi) is 7.99. The van der Waals surface area contributed by atoms with Crippen molar-refractivity contribution in [3.63, 3.8) is 0 Å². The fraction of sp³-hybridized carbons (Fsp3) is 0.613. The first-order chi connectivity index (χ1) is 16.3. The highest BCUT2D eigenvalue weighted by atomic mass is 31.1. The van der Waals surface area contributed by atoms with Crippen LogP contribution in [-0.4, -0.2) is 19.2 Å². The summed E-state index contributed by atoms with van der Waals surface area (Å²) in [6.07, 6.45) is 0. The van der Waals surface area contributed by atoms with E-state index >= 15 is 0 Å². The van der Waals surface area contributed by atoms with E-state index in [2.05, 4.69) is 107 Å². The van der Waals surface area contributed by atoms with Crippen LogP contribution in [0, 0.1) is 0 Å². The summed E-state index contributed by atoms with van der Waals surface area (Å²) in [5, 5.41) is 0. The minimum absolute atomic E-state index is 0.0117. The largest absolute Gasteiger partial charge is 0.448 e. The summed E-state index contributed by atoms with van der Waals surface area (Å²) in [5.41, 5.74) is 12.6. The van der Waals surface area contributed by atoms with Gasteiger partial charge in [-0.3, -0.25) is 0 Å². The molecule has 0 fully saturated rings. The number of ether oxygens (including phenoxy) is 2. The van der Waals surface area contributed by atoms with Crippen LogP contribution in [0.5, 0.6) is 11.5 Å². The van der Waals surface area contributed by atoms with Gasteiger partial charge < -0.3 is 19.7 Å². The van der Waals surface area contributed by atoms with Crippen LogP contribution in [0.3, 0.4) is 0 Å². The van der Waals surface area contributed by atoms with Gasteiger partial charge in [-0.15, -0.1) is 0 Å². The number of benzene rings is 2. The minimum atomic E-state index is -0.542. The Labute approximate surface area is 221 Å². The molecule has 3 rings (SSSR count). The fourth-order valence-electron chi connectivity index (χ4n) is 4.36.